The van der Waals surface area contributed by atoms with Gasteiger partial charge in [0.05, 0.1) is 0 Å². The Bertz CT molecular complexity index is 483. The fourth-order valence-electron chi connectivity index (χ4n) is 2.08. The van der Waals surface area contributed by atoms with Crippen molar-refractivity contribution >= 4 is 17.7 Å². The molecule has 0 amide bonds. The van der Waals surface area contributed by atoms with E-state index >= 15 is 0 Å². The minimum atomic E-state index is -1.04. The highest BCUT2D eigenvalue weighted by Crippen LogP contribution is 2.41. The van der Waals surface area contributed by atoms with Gasteiger partial charge in [-0.2, -0.15) is 0 Å². The Labute approximate surface area is 111 Å². The van der Waals surface area contributed by atoms with Gasteiger partial charge < -0.3 is 5.11 Å². The number of rotatable bonds is 4. The second-order valence-corrected chi connectivity index (χ2v) is 4.94. The first-order chi connectivity index (χ1) is 8.71. The van der Waals surface area contributed by atoms with Crippen LogP contribution in [0.5, 0.6) is 0 Å². The number of hydrogen-bond acceptors (Lipinski definition) is 2. The maximum absolute atomic E-state index is 11.8. The Morgan fingerprint density at radius 3 is 1.61 bits per heavy atom. The van der Waals surface area contributed by atoms with Crippen LogP contribution >= 0.6 is 11.8 Å². The molecule has 0 bridgehead atoms. The van der Waals surface area contributed by atoms with Gasteiger partial charge in [-0.1, -0.05) is 60.7 Å². The molecule has 2 nitrogen and oxygen atoms in total. The molecule has 0 heterocycles. The Morgan fingerprint density at radius 2 is 1.33 bits per heavy atom. The van der Waals surface area contributed by atoms with Gasteiger partial charge in [-0.3, -0.25) is 0 Å². The maximum atomic E-state index is 11.8. The fourth-order valence-corrected chi connectivity index (χ4v) is 3.00. The van der Waals surface area contributed by atoms with E-state index in [1.807, 2.05) is 66.9 Å². The van der Waals surface area contributed by atoms with Crippen molar-refractivity contribution in [3.63, 3.8) is 0 Å². The number of carboxylic acid groups (broad SMARTS) is 1. The van der Waals surface area contributed by atoms with E-state index in [4.69, 9.17) is 0 Å². The van der Waals surface area contributed by atoms with Gasteiger partial charge in [-0.05, 0) is 17.4 Å². The van der Waals surface area contributed by atoms with Crippen molar-refractivity contribution in [2.45, 2.75) is 4.75 Å². The lowest BCUT2D eigenvalue weighted by molar-refractivity contribution is -0.138. The van der Waals surface area contributed by atoms with Gasteiger partial charge in [-0.25, -0.2) is 4.79 Å². The molecule has 0 atom stereocenters. The second kappa shape index (κ2) is 5.27. The molecule has 0 unspecified atom stereocenters. The van der Waals surface area contributed by atoms with Crippen molar-refractivity contribution in [3.8, 4) is 0 Å². The normalized spacial score (nSPS) is 11.2. The molecule has 2 aromatic carbocycles. The molecule has 92 valence electrons. The van der Waals surface area contributed by atoms with Crippen LogP contribution in [0, 0.1) is 0 Å². The average molecular weight is 258 g/mol. The van der Waals surface area contributed by atoms with E-state index in [1.165, 1.54) is 11.8 Å². The molecular formula is C15H14O2S. The quantitative estimate of drug-likeness (QED) is 0.913. The molecule has 0 aliphatic carbocycles. The zero-order valence-corrected chi connectivity index (χ0v) is 10.9. The van der Waals surface area contributed by atoms with Crippen LogP contribution in [0.1, 0.15) is 11.1 Å². The van der Waals surface area contributed by atoms with Crippen LogP contribution in [0.2, 0.25) is 0 Å². The Kier molecular flexibility index (Phi) is 3.72. The monoisotopic (exact) mass is 258 g/mol. The maximum Gasteiger partial charge on any atom is 0.328 e. The predicted octanol–water partition coefficient (Wildman–Crippen LogP) is 3.38. The molecule has 0 aromatic heterocycles. The SMILES string of the molecule is CSC(C(=O)O)(c1ccccc1)c1ccccc1. The average Bonchev–Trinajstić information content (AvgIpc) is 2.42. The zero-order valence-electron chi connectivity index (χ0n) is 10.0. The van der Waals surface area contributed by atoms with Crippen LogP contribution in [0.3, 0.4) is 0 Å². The summed E-state index contributed by atoms with van der Waals surface area (Å²) < 4.78 is -1.04. The van der Waals surface area contributed by atoms with Gasteiger partial charge in [0.25, 0.3) is 0 Å². The topological polar surface area (TPSA) is 37.3 Å². The third kappa shape index (κ3) is 2.02. The number of carboxylic acids is 1. The highest BCUT2D eigenvalue weighted by Gasteiger charge is 2.41. The van der Waals surface area contributed by atoms with E-state index < -0.39 is 10.7 Å². The lowest BCUT2D eigenvalue weighted by Gasteiger charge is -2.28. The molecule has 0 aliphatic heterocycles. The summed E-state index contributed by atoms with van der Waals surface area (Å²) in [6.07, 6.45) is 1.83. The van der Waals surface area contributed by atoms with E-state index in [-0.39, 0.29) is 0 Å². The molecule has 3 heteroatoms. The minimum Gasteiger partial charge on any atom is -0.480 e. The van der Waals surface area contributed by atoms with E-state index in [1.54, 1.807) is 0 Å². The first kappa shape index (κ1) is 12.7. The van der Waals surface area contributed by atoms with Crippen LogP contribution in [0.15, 0.2) is 60.7 Å². The van der Waals surface area contributed by atoms with Crippen LogP contribution in [-0.4, -0.2) is 17.3 Å². The first-order valence-electron chi connectivity index (χ1n) is 5.61. The molecule has 0 aliphatic rings. The van der Waals surface area contributed by atoms with Crippen molar-refractivity contribution in [3.05, 3.63) is 71.8 Å². The van der Waals surface area contributed by atoms with Crippen molar-refractivity contribution < 1.29 is 9.90 Å². The number of hydrogen-bond donors (Lipinski definition) is 1. The third-order valence-electron chi connectivity index (χ3n) is 2.97. The summed E-state index contributed by atoms with van der Waals surface area (Å²) in [4.78, 5) is 11.8. The van der Waals surface area contributed by atoms with Gasteiger partial charge in [-0.15, -0.1) is 11.8 Å². The first-order valence-corrected chi connectivity index (χ1v) is 6.84. The van der Waals surface area contributed by atoms with Crippen LogP contribution < -0.4 is 0 Å². The molecule has 0 saturated heterocycles. The third-order valence-corrected chi connectivity index (χ3v) is 4.23. The van der Waals surface area contributed by atoms with Crippen LogP contribution in [0.25, 0.3) is 0 Å². The van der Waals surface area contributed by atoms with Gasteiger partial charge in [0, 0.05) is 0 Å². The zero-order chi connectivity index (χ0) is 13.0. The van der Waals surface area contributed by atoms with Gasteiger partial charge in [0.15, 0.2) is 4.75 Å². The Balaban J connectivity index is 2.65. The van der Waals surface area contributed by atoms with E-state index in [0.29, 0.717) is 0 Å². The summed E-state index contributed by atoms with van der Waals surface area (Å²) >= 11 is 1.33. The standard InChI is InChI=1S/C15H14O2S/c1-18-15(14(16)17,12-8-4-2-5-9-12)13-10-6-3-7-11-13/h2-11H,1H3,(H,16,17). The largest absolute Gasteiger partial charge is 0.480 e. The molecule has 18 heavy (non-hydrogen) atoms. The molecule has 0 saturated carbocycles. The number of aliphatic carboxylic acids is 1. The summed E-state index contributed by atoms with van der Waals surface area (Å²) in [7, 11) is 0. The van der Waals surface area contributed by atoms with Gasteiger partial charge in [0.1, 0.15) is 0 Å². The number of thioether (sulfide) groups is 1. The molecule has 1 N–H and O–H groups in total. The van der Waals surface area contributed by atoms with Crippen molar-refractivity contribution in [1.82, 2.24) is 0 Å². The Morgan fingerprint density at radius 1 is 0.944 bits per heavy atom. The molecular weight excluding hydrogens is 244 g/mol. The number of benzene rings is 2. The highest BCUT2D eigenvalue weighted by molar-refractivity contribution is 8.00. The molecule has 2 aromatic rings. The summed E-state index contributed by atoms with van der Waals surface area (Å²) in [6.45, 7) is 0. The minimum absolute atomic E-state index is 0.788. The smallest absolute Gasteiger partial charge is 0.328 e. The van der Waals surface area contributed by atoms with Gasteiger partial charge >= 0.3 is 5.97 Å². The molecule has 0 fully saturated rings. The van der Waals surface area contributed by atoms with Gasteiger partial charge in [0.2, 0.25) is 0 Å². The summed E-state index contributed by atoms with van der Waals surface area (Å²) in [5, 5.41) is 9.71. The predicted molar refractivity (Wildman–Crippen MR) is 74.8 cm³/mol. The summed E-state index contributed by atoms with van der Waals surface area (Å²) in [6, 6.07) is 18.7. The van der Waals surface area contributed by atoms with Crippen molar-refractivity contribution in [2.24, 2.45) is 0 Å². The highest BCUT2D eigenvalue weighted by atomic mass is 32.2. The Hall–Kier alpha value is -1.74. The molecule has 0 spiro atoms. The summed E-state index contributed by atoms with van der Waals surface area (Å²) in [5.74, 6) is -0.840. The van der Waals surface area contributed by atoms with E-state index in [9.17, 15) is 9.90 Å². The molecule has 0 radical (unpaired) electrons. The van der Waals surface area contributed by atoms with E-state index in [2.05, 4.69) is 0 Å². The second-order valence-electron chi connectivity index (χ2n) is 3.92. The fraction of sp³-hybridized carbons (Fsp3) is 0.133. The number of carbonyl (C=O) groups is 1. The lowest BCUT2D eigenvalue weighted by Crippen LogP contribution is -2.33. The molecule has 2 rings (SSSR count). The van der Waals surface area contributed by atoms with Crippen LogP contribution in [-0.2, 0) is 9.54 Å². The van der Waals surface area contributed by atoms with Crippen molar-refractivity contribution in [1.29, 1.82) is 0 Å². The lowest BCUT2D eigenvalue weighted by atomic mass is 9.90. The summed E-state index contributed by atoms with van der Waals surface area (Å²) in [5.41, 5.74) is 1.58. The van der Waals surface area contributed by atoms with Crippen molar-refractivity contribution in [2.75, 3.05) is 6.26 Å². The van der Waals surface area contributed by atoms with E-state index in [0.717, 1.165) is 11.1 Å². The van der Waals surface area contributed by atoms with Crippen LogP contribution in [0.4, 0.5) is 0 Å².